The van der Waals surface area contributed by atoms with Gasteiger partial charge in [-0.05, 0) is 32.4 Å². The van der Waals surface area contributed by atoms with Crippen LogP contribution < -0.4 is 5.32 Å². The van der Waals surface area contributed by atoms with Gasteiger partial charge >= 0.3 is 0 Å². The van der Waals surface area contributed by atoms with E-state index in [4.69, 9.17) is 9.47 Å². The number of nitrogens with one attached hydrogen (secondary N) is 1. The molecule has 0 bridgehead atoms. The molecular formula is C14H28N2O2. The Hall–Kier alpha value is -0.160. The predicted octanol–water partition coefficient (Wildman–Crippen LogP) is 1.25. The molecule has 0 spiro atoms. The minimum atomic E-state index is 0.248. The molecule has 2 atom stereocenters. The Morgan fingerprint density at radius 3 is 2.22 bits per heavy atom. The molecule has 0 aromatic carbocycles. The van der Waals surface area contributed by atoms with Crippen LogP contribution in [0.4, 0.5) is 0 Å². The van der Waals surface area contributed by atoms with E-state index in [2.05, 4.69) is 10.2 Å². The van der Waals surface area contributed by atoms with Crippen molar-refractivity contribution in [2.75, 3.05) is 40.4 Å². The van der Waals surface area contributed by atoms with Crippen molar-refractivity contribution in [2.45, 2.75) is 50.4 Å². The van der Waals surface area contributed by atoms with Crippen molar-refractivity contribution in [3.8, 4) is 0 Å². The predicted molar refractivity (Wildman–Crippen MR) is 72.9 cm³/mol. The maximum Gasteiger partial charge on any atom is 0.0971 e. The van der Waals surface area contributed by atoms with Crippen molar-refractivity contribution in [3.05, 3.63) is 0 Å². The van der Waals surface area contributed by atoms with E-state index < -0.39 is 0 Å². The minimum Gasteiger partial charge on any atom is -0.377 e. The van der Waals surface area contributed by atoms with E-state index >= 15 is 0 Å². The van der Waals surface area contributed by atoms with Gasteiger partial charge in [0.1, 0.15) is 0 Å². The maximum atomic E-state index is 5.45. The molecule has 0 amide bonds. The highest BCUT2D eigenvalue weighted by molar-refractivity contribution is 4.85. The molecule has 2 rings (SSSR count). The Morgan fingerprint density at radius 1 is 1.06 bits per heavy atom. The normalized spacial score (nSPS) is 30.3. The fourth-order valence-electron chi connectivity index (χ4n) is 3.19. The average Bonchev–Trinajstić information content (AvgIpc) is 3.03. The summed E-state index contributed by atoms with van der Waals surface area (Å²) in [5, 5.41) is 3.67. The minimum absolute atomic E-state index is 0.248. The number of rotatable bonds is 7. The molecule has 2 fully saturated rings. The van der Waals surface area contributed by atoms with Crippen LogP contribution in [0.5, 0.6) is 0 Å². The van der Waals surface area contributed by atoms with Gasteiger partial charge in [0, 0.05) is 33.4 Å². The highest BCUT2D eigenvalue weighted by Crippen LogP contribution is 2.18. The topological polar surface area (TPSA) is 33.7 Å². The first-order valence-corrected chi connectivity index (χ1v) is 7.35. The highest BCUT2D eigenvalue weighted by Gasteiger charge is 2.32. The van der Waals surface area contributed by atoms with E-state index in [1.807, 2.05) is 0 Å². The molecule has 1 aliphatic carbocycles. The molecule has 4 nitrogen and oxygen atoms in total. The van der Waals surface area contributed by atoms with Crippen molar-refractivity contribution in [2.24, 2.45) is 0 Å². The van der Waals surface area contributed by atoms with Crippen molar-refractivity contribution >= 4 is 0 Å². The molecule has 1 heterocycles. The van der Waals surface area contributed by atoms with E-state index in [0.29, 0.717) is 0 Å². The summed E-state index contributed by atoms with van der Waals surface area (Å²) in [7, 11) is 3.56. The first kappa shape index (κ1) is 14.3. The molecule has 18 heavy (non-hydrogen) atoms. The molecule has 4 heteroatoms. The molecule has 106 valence electrons. The zero-order valence-electron chi connectivity index (χ0n) is 11.9. The molecular weight excluding hydrogens is 228 g/mol. The summed E-state index contributed by atoms with van der Waals surface area (Å²) < 4.78 is 10.9. The number of hydrogen-bond donors (Lipinski definition) is 1. The second-order valence-electron chi connectivity index (χ2n) is 5.60. The summed E-state index contributed by atoms with van der Waals surface area (Å²) in [5.41, 5.74) is 0. The first-order chi connectivity index (χ1) is 8.83. The van der Waals surface area contributed by atoms with E-state index in [0.717, 1.165) is 32.2 Å². The van der Waals surface area contributed by atoms with Crippen molar-refractivity contribution in [1.29, 1.82) is 0 Å². The third kappa shape index (κ3) is 3.92. The molecule has 2 unspecified atom stereocenters. The summed E-state index contributed by atoms with van der Waals surface area (Å²) in [6.45, 7) is 4.33. The lowest BCUT2D eigenvalue weighted by atomic mass is 10.2. The van der Waals surface area contributed by atoms with Gasteiger partial charge < -0.3 is 14.8 Å². The van der Waals surface area contributed by atoms with Crippen LogP contribution in [0, 0.1) is 0 Å². The lowest BCUT2D eigenvalue weighted by Gasteiger charge is -2.16. The lowest BCUT2D eigenvalue weighted by Crippen LogP contribution is -2.31. The number of nitrogens with zero attached hydrogens (tertiary/aromatic N) is 1. The van der Waals surface area contributed by atoms with E-state index in [-0.39, 0.29) is 12.2 Å². The standard InChI is InChI=1S/C14H28N2O2/c1-17-13-10-16(11-14(13)18-2)9-5-8-15-12-6-3-4-7-12/h12-15H,3-11H2,1-2H3. The van der Waals surface area contributed by atoms with Crippen LogP contribution in [-0.2, 0) is 9.47 Å². The van der Waals surface area contributed by atoms with E-state index in [1.54, 1.807) is 14.2 Å². The van der Waals surface area contributed by atoms with Gasteiger partial charge in [-0.1, -0.05) is 12.8 Å². The van der Waals surface area contributed by atoms with E-state index in [9.17, 15) is 0 Å². The summed E-state index contributed by atoms with van der Waals surface area (Å²) >= 11 is 0. The average molecular weight is 256 g/mol. The number of likely N-dealkylation sites (tertiary alicyclic amines) is 1. The second kappa shape index (κ2) is 7.43. The SMILES string of the molecule is COC1CN(CCCNC2CCCC2)CC1OC. The van der Waals surface area contributed by atoms with Crippen LogP contribution in [0.1, 0.15) is 32.1 Å². The molecule has 1 N–H and O–H groups in total. The van der Waals surface area contributed by atoms with Gasteiger partial charge in [-0.15, -0.1) is 0 Å². The van der Waals surface area contributed by atoms with Crippen molar-refractivity contribution in [3.63, 3.8) is 0 Å². The third-order valence-corrected chi connectivity index (χ3v) is 4.34. The van der Waals surface area contributed by atoms with Crippen LogP contribution in [-0.4, -0.2) is 63.5 Å². The van der Waals surface area contributed by atoms with Crippen molar-refractivity contribution < 1.29 is 9.47 Å². The molecule has 0 aromatic heterocycles. The second-order valence-corrected chi connectivity index (χ2v) is 5.60. The molecule has 0 radical (unpaired) electrons. The van der Waals surface area contributed by atoms with Crippen LogP contribution in [0.15, 0.2) is 0 Å². The Bertz CT molecular complexity index is 220. The summed E-state index contributed by atoms with van der Waals surface area (Å²) in [6.07, 6.45) is 7.30. The van der Waals surface area contributed by atoms with Gasteiger partial charge in [-0.3, -0.25) is 4.90 Å². The lowest BCUT2D eigenvalue weighted by molar-refractivity contribution is -0.00461. The Morgan fingerprint density at radius 2 is 1.67 bits per heavy atom. The van der Waals surface area contributed by atoms with Gasteiger partial charge in [0.05, 0.1) is 12.2 Å². The molecule has 1 aliphatic heterocycles. The fraction of sp³-hybridized carbons (Fsp3) is 1.00. The number of hydrogen-bond acceptors (Lipinski definition) is 4. The van der Waals surface area contributed by atoms with Gasteiger partial charge in [-0.2, -0.15) is 0 Å². The Balaban J connectivity index is 1.56. The van der Waals surface area contributed by atoms with Gasteiger partial charge in [0.25, 0.3) is 0 Å². The molecule has 1 saturated carbocycles. The van der Waals surface area contributed by atoms with E-state index in [1.165, 1.54) is 32.1 Å². The summed E-state index contributed by atoms with van der Waals surface area (Å²) in [5.74, 6) is 0. The Labute approximate surface area is 111 Å². The number of methoxy groups -OCH3 is 2. The Kier molecular flexibility index (Phi) is 5.89. The quantitative estimate of drug-likeness (QED) is 0.695. The maximum absolute atomic E-state index is 5.45. The monoisotopic (exact) mass is 256 g/mol. The molecule has 1 saturated heterocycles. The van der Waals surface area contributed by atoms with Gasteiger partial charge in [0.15, 0.2) is 0 Å². The smallest absolute Gasteiger partial charge is 0.0971 e. The van der Waals surface area contributed by atoms with Crippen LogP contribution in [0.25, 0.3) is 0 Å². The third-order valence-electron chi connectivity index (χ3n) is 4.34. The van der Waals surface area contributed by atoms with Gasteiger partial charge in [0.2, 0.25) is 0 Å². The first-order valence-electron chi connectivity index (χ1n) is 7.35. The van der Waals surface area contributed by atoms with Crippen LogP contribution in [0.3, 0.4) is 0 Å². The van der Waals surface area contributed by atoms with Gasteiger partial charge in [-0.25, -0.2) is 0 Å². The van der Waals surface area contributed by atoms with Crippen LogP contribution >= 0.6 is 0 Å². The summed E-state index contributed by atoms with van der Waals surface area (Å²) in [4.78, 5) is 2.46. The number of ether oxygens (including phenoxy) is 2. The largest absolute Gasteiger partial charge is 0.377 e. The molecule has 2 aliphatic rings. The van der Waals surface area contributed by atoms with Crippen LogP contribution in [0.2, 0.25) is 0 Å². The fourth-order valence-corrected chi connectivity index (χ4v) is 3.19. The molecule has 0 aromatic rings. The van der Waals surface area contributed by atoms with Crippen molar-refractivity contribution in [1.82, 2.24) is 10.2 Å². The zero-order chi connectivity index (χ0) is 12.8. The summed E-state index contributed by atoms with van der Waals surface area (Å²) in [6, 6.07) is 0.794. The zero-order valence-corrected chi connectivity index (χ0v) is 11.9. The highest BCUT2D eigenvalue weighted by atomic mass is 16.5.